The molecular weight excluding hydrogens is 192 g/mol. The van der Waals surface area contributed by atoms with Crippen LogP contribution in [0.1, 0.15) is 20.8 Å². The lowest BCUT2D eigenvalue weighted by atomic mass is 10.1. The summed E-state index contributed by atoms with van der Waals surface area (Å²) in [7, 11) is 0. The molecule has 1 aliphatic heterocycles. The second-order valence-electron chi connectivity index (χ2n) is 3.50. The van der Waals surface area contributed by atoms with E-state index in [2.05, 4.69) is 19.6 Å². The van der Waals surface area contributed by atoms with Gasteiger partial charge in [-0.3, -0.25) is 0 Å². The summed E-state index contributed by atoms with van der Waals surface area (Å²) >= 11 is 0. The molecule has 0 spiro atoms. The van der Waals surface area contributed by atoms with Gasteiger partial charge in [-0.15, -0.1) is 0 Å². The Morgan fingerprint density at radius 3 is 2.29 bits per heavy atom. The van der Waals surface area contributed by atoms with Crippen LogP contribution in [-0.2, 0) is 29.1 Å². The van der Waals surface area contributed by atoms with Gasteiger partial charge >= 0.3 is 11.9 Å². The first-order valence-electron chi connectivity index (χ1n) is 4.19. The molecule has 0 radical (unpaired) electrons. The molecule has 1 saturated heterocycles. The van der Waals surface area contributed by atoms with Gasteiger partial charge in [-0.05, 0) is 6.92 Å². The Labute approximate surface area is 80.9 Å². The lowest BCUT2D eigenvalue weighted by Gasteiger charge is -2.32. The van der Waals surface area contributed by atoms with Crippen LogP contribution >= 0.6 is 0 Å². The Balaban J connectivity index is 2.31. The van der Waals surface area contributed by atoms with Gasteiger partial charge in [-0.2, -0.15) is 0 Å². The smallest absolute Gasteiger partial charge is 0.247 e. The van der Waals surface area contributed by atoms with E-state index in [4.69, 9.17) is 0 Å². The summed E-state index contributed by atoms with van der Waals surface area (Å²) < 4.78 is 0. The average molecular weight is 204 g/mol. The highest BCUT2D eigenvalue weighted by Gasteiger charge is 2.47. The maximum atomic E-state index is 11.2. The van der Waals surface area contributed by atoms with Crippen molar-refractivity contribution in [2.75, 3.05) is 6.61 Å². The minimum absolute atomic E-state index is 0.0884. The third-order valence-electron chi connectivity index (χ3n) is 1.68. The highest BCUT2D eigenvalue weighted by atomic mass is 17.3. The van der Waals surface area contributed by atoms with E-state index in [1.165, 1.54) is 6.92 Å². The monoisotopic (exact) mass is 204 g/mol. The zero-order chi connectivity index (χ0) is 10.8. The zero-order valence-electron chi connectivity index (χ0n) is 8.23. The van der Waals surface area contributed by atoms with Crippen LogP contribution in [0.3, 0.4) is 0 Å². The molecule has 1 unspecified atom stereocenters. The zero-order valence-corrected chi connectivity index (χ0v) is 8.23. The fourth-order valence-electron chi connectivity index (χ4n) is 0.592. The molecule has 1 fully saturated rings. The number of carbonyl (C=O) groups is 2. The molecule has 0 aromatic carbocycles. The molecule has 1 atom stereocenters. The van der Waals surface area contributed by atoms with Crippen molar-refractivity contribution >= 4 is 11.9 Å². The molecule has 0 N–H and O–H groups in total. The normalized spacial score (nSPS) is 25.4. The molecule has 6 heteroatoms. The van der Waals surface area contributed by atoms with Crippen molar-refractivity contribution in [2.45, 2.75) is 26.4 Å². The summed E-state index contributed by atoms with van der Waals surface area (Å²) in [6.45, 7) is 4.81. The van der Waals surface area contributed by atoms with Crippen molar-refractivity contribution in [3.8, 4) is 0 Å². The van der Waals surface area contributed by atoms with Crippen LogP contribution in [0.5, 0.6) is 0 Å². The summed E-state index contributed by atoms with van der Waals surface area (Å²) in [6, 6.07) is 0. The summed E-state index contributed by atoms with van der Waals surface area (Å²) in [5, 5.41) is 0. The van der Waals surface area contributed by atoms with E-state index in [1.54, 1.807) is 13.8 Å². The highest BCUT2D eigenvalue weighted by Crippen LogP contribution is 2.23. The second-order valence-corrected chi connectivity index (χ2v) is 3.50. The Kier molecular flexibility index (Phi) is 3.07. The van der Waals surface area contributed by atoms with Gasteiger partial charge in [0.15, 0.2) is 0 Å². The van der Waals surface area contributed by atoms with Gasteiger partial charge in [-0.25, -0.2) is 29.1 Å². The SMILES string of the molecule is CC(C)C(=O)OOC(=O)C1(C)COO1. The molecule has 80 valence electrons. The van der Waals surface area contributed by atoms with E-state index in [1.807, 2.05) is 0 Å². The fraction of sp³-hybridized carbons (Fsp3) is 0.750. The van der Waals surface area contributed by atoms with Crippen LogP contribution < -0.4 is 0 Å². The largest absolute Gasteiger partial charge is 0.392 e. The number of hydrogen-bond donors (Lipinski definition) is 0. The number of carbonyl (C=O) groups excluding carboxylic acids is 2. The van der Waals surface area contributed by atoms with Crippen LogP contribution in [0.4, 0.5) is 0 Å². The highest BCUT2D eigenvalue weighted by molar-refractivity contribution is 5.80. The summed E-state index contributed by atoms with van der Waals surface area (Å²) in [4.78, 5) is 39.5. The van der Waals surface area contributed by atoms with Crippen molar-refractivity contribution < 1.29 is 29.1 Å². The van der Waals surface area contributed by atoms with Crippen molar-refractivity contribution in [1.29, 1.82) is 0 Å². The molecule has 0 amide bonds. The minimum atomic E-state index is -1.16. The first-order valence-corrected chi connectivity index (χ1v) is 4.19. The fourth-order valence-corrected chi connectivity index (χ4v) is 0.592. The van der Waals surface area contributed by atoms with Crippen molar-refractivity contribution in [3.05, 3.63) is 0 Å². The lowest BCUT2D eigenvalue weighted by molar-refractivity contribution is -0.459. The van der Waals surface area contributed by atoms with Crippen LogP contribution in [0.15, 0.2) is 0 Å². The molecule has 0 bridgehead atoms. The van der Waals surface area contributed by atoms with Gasteiger partial charge < -0.3 is 0 Å². The topological polar surface area (TPSA) is 71.1 Å². The Bertz CT molecular complexity index is 242. The first kappa shape index (κ1) is 10.9. The van der Waals surface area contributed by atoms with E-state index in [0.717, 1.165) is 0 Å². The molecule has 0 aromatic heterocycles. The summed E-state index contributed by atoms with van der Waals surface area (Å²) in [5.41, 5.74) is -1.16. The number of rotatable bonds is 2. The molecular formula is C8H12O6. The van der Waals surface area contributed by atoms with E-state index >= 15 is 0 Å². The number of hydrogen-bond acceptors (Lipinski definition) is 6. The third-order valence-corrected chi connectivity index (χ3v) is 1.68. The molecule has 14 heavy (non-hydrogen) atoms. The Hall–Kier alpha value is -1.14. The van der Waals surface area contributed by atoms with Crippen LogP contribution in [0, 0.1) is 5.92 Å². The van der Waals surface area contributed by atoms with Gasteiger partial charge in [0, 0.05) is 0 Å². The van der Waals surface area contributed by atoms with Crippen LogP contribution in [-0.4, -0.2) is 24.1 Å². The predicted molar refractivity (Wildman–Crippen MR) is 42.5 cm³/mol. The summed E-state index contributed by atoms with van der Waals surface area (Å²) in [5.74, 6) is -1.74. The van der Waals surface area contributed by atoms with Gasteiger partial charge in [0.1, 0.15) is 6.61 Å². The van der Waals surface area contributed by atoms with Crippen molar-refractivity contribution in [2.24, 2.45) is 5.92 Å². The van der Waals surface area contributed by atoms with Gasteiger partial charge in [-0.1, -0.05) is 13.8 Å². The first-order chi connectivity index (χ1) is 6.46. The van der Waals surface area contributed by atoms with Gasteiger partial charge in [0.05, 0.1) is 5.92 Å². The van der Waals surface area contributed by atoms with E-state index in [0.29, 0.717) is 0 Å². The van der Waals surface area contributed by atoms with Crippen molar-refractivity contribution in [3.63, 3.8) is 0 Å². The quantitative estimate of drug-likeness (QED) is 0.478. The van der Waals surface area contributed by atoms with Gasteiger partial charge in [0.2, 0.25) is 5.60 Å². The van der Waals surface area contributed by atoms with Crippen LogP contribution in [0.25, 0.3) is 0 Å². The molecule has 1 rings (SSSR count). The van der Waals surface area contributed by atoms with Crippen molar-refractivity contribution in [1.82, 2.24) is 0 Å². The molecule has 6 nitrogen and oxygen atoms in total. The second kappa shape index (κ2) is 3.93. The maximum absolute atomic E-state index is 11.2. The molecule has 1 aliphatic rings. The Morgan fingerprint density at radius 2 is 1.93 bits per heavy atom. The Morgan fingerprint density at radius 1 is 1.36 bits per heavy atom. The molecule has 0 aromatic rings. The summed E-state index contributed by atoms with van der Waals surface area (Å²) in [6.07, 6.45) is 0. The molecule has 0 saturated carbocycles. The van der Waals surface area contributed by atoms with E-state index in [-0.39, 0.29) is 12.5 Å². The molecule has 1 heterocycles. The standard InChI is InChI=1S/C8H12O6/c1-5(2)6(9)12-13-7(10)8(3)4-11-14-8/h5H,4H2,1-3H3. The lowest BCUT2D eigenvalue weighted by Crippen LogP contribution is -2.52. The maximum Gasteiger partial charge on any atom is 0.392 e. The van der Waals surface area contributed by atoms with E-state index < -0.39 is 17.5 Å². The van der Waals surface area contributed by atoms with Crippen LogP contribution in [0.2, 0.25) is 0 Å². The van der Waals surface area contributed by atoms with E-state index in [9.17, 15) is 9.59 Å². The average Bonchev–Trinajstić information content (AvgIpc) is 2.09. The third kappa shape index (κ3) is 2.21. The predicted octanol–water partition coefficient (Wildman–Crippen LogP) is 0.364. The van der Waals surface area contributed by atoms with Gasteiger partial charge in [0.25, 0.3) is 0 Å². The molecule has 0 aliphatic carbocycles. The minimum Gasteiger partial charge on any atom is -0.247 e.